The number of anilines is 1. The largest absolute Gasteiger partial charge is 0.486 e. The summed E-state index contributed by atoms with van der Waals surface area (Å²) in [6.45, 7) is 6.26. The molecule has 3 aromatic rings. The molecule has 8 heteroatoms. The summed E-state index contributed by atoms with van der Waals surface area (Å²) < 4.78 is 39.4. The molecule has 1 atom stereocenters. The Morgan fingerprint density at radius 3 is 2.26 bits per heavy atom. The summed E-state index contributed by atoms with van der Waals surface area (Å²) in [5, 5.41) is 2.91. The van der Waals surface area contributed by atoms with E-state index in [-0.39, 0.29) is 17.5 Å². The van der Waals surface area contributed by atoms with E-state index >= 15 is 0 Å². The molecule has 1 N–H and O–H groups in total. The Morgan fingerprint density at radius 1 is 0.941 bits per heavy atom. The van der Waals surface area contributed by atoms with Crippen LogP contribution in [0.5, 0.6) is 11.5 Å². The van der Waals surface area contributed by atoms with E-state index in [1.54, 1.807) is 30.3 Å². The summed E-state index contributed by atoms with van der Waals surface area (Å²) in [6.07, 6.45) is 0. The van der Waals surface area contributed by atoms with Gasteiger partial charge in [-0.25, -0.2) is 8.42 Å². The molecule has 1 unspecified atom stereocenters. The van der Waals surface area contributed by atoms with E-state index in [1.165, 1.54) is 12.1 Å². The Kier molecular flexibility index (Phi) is 6.79. The van der Waals surface area contributed by atoms with Crippen molar-refractivity contribution in [1.29, 1.82) is 0 Å². The molecule has 1 aliphatic heterocycles. The molecule has 0 saturated heterocycles. The Hall–Kier alpha value is -3.52. The van der Waals surface area contributed by atoms with Gasteiger partial charge in [-0.2, -0.15) is 0 Å². The third-order valence-corrected chi connectivity index (χ3v) is 7.34. The lowest BCUT2D eigenvalue weighted by Crippen LogP contribution is -2.41. The van der Waals surface area contributed by atoms with Crippen LogP contribution in [0.4, 0.5) is 5.69 Å². The number of hydrogen-bond acceptors (Lipinski definition) is 5. The zero-order valence-corrected chi connectivity index (χ0v) is 20.3. The Morgan fingerprint density at radius 2 is 1.59 bits per heavy atom. The van der Waals surface area contributed by atoms with Crippen molar-refractivity contribution in [3.05, 3.63) is 83.4 Å². The van der Waals surface area contributed by atoms with Gasteiger partial charge in [0.15, 0.2) is 11.5 Å². The van der Waals surface area contributed by atoms with E-state index in [0.717, 1.165) is 21.0 Å². The molecule has 0 aromatic heterocycles. The van der Waals surface area contributed by atoms with Gasteiger partial charge in [-0.15, -0.1) is 0 Å². The number of benzene rings is 3. The predicted octanol–water partition coefficient (Wildman–Crippen LogP) is 4.15. The van der Waals surface area contributed by atoms with Gasteiger partial charge in [0.2, 0.25) is 5.91 Å². The summed E-state index contributed by atoms with van der Waals surface area (Å²) in [7, 11) is -3.96. The fraction of sp³-hybridized carbons (Fsp3) is 0.269. The minimum Gasteiger partial charge on any atom is -0.486 e. The van der Waals surface area contributed by atoms with E-state index in [0.29, 0.717) is 30.4 Å². The molecule has 0 spiro atoms. The van der Waals surface area contributed by atoms with Gasteiger partial charge in [-0.3, -0.25) is 9.10 Å². The van der Waals surface area contributed by atoms with Crippen LogP contribution in [0.25, 0.3) is 0 Å². The van der Waals surface area contributed by atoms with Crippen molar-refractivity contribution < 1.29 is 22.7 Å². The maximum Gasteiger partial charge on any atom is 0.264 e. The first kappa shape index (κ1) is 23.6. The molecule has 0 fully saturated rings. The second-order valence-electron chi connectivity index (χ2n) is 8.36. The molecule has 0 aliphatic carbocycles. The number of ether oxygens (including phenoxy) is 2. The number of rotatable bonds is 7. The van der Waals surface area contributed by atoms with Crippen molar-refractivity contribution in [2.24, 2.45) is 0 Å². The minimum atomic E-state index is -3.96. The lowest BCUT2D eigenvalue weighted by Gasteiger charge is -2.26. The minimum absolute atomic E-state index is 0.127. The molecular formula is C26H28N2O5S. The van der Waals surface area contributed by atoms with Crippen LogP contribution in [-0.4, -0.2) is 34.1 Å². The Balaban J connectivity index is 1.59. The molecule has 34 heavy (non-hydrogen) atoms. The zero-order chi connectivity index (χ0) is 24.3. The van der Waals surface area contributed by atoms with Gasteiger partial charge in [-0.1, -0.05) is 30.3 Å². The highest BCUT2D eigenvalue weighted by atomic mass is 32.2. The fourth-order valence-electron chi connectivity index (χ4n) is 3.96. The molecule has 178 valence electrons. The van der Waals surface area contributed by atoms with Crippen LogP contribution < -0.4 is 19.1 Å². The molecule has 0 bridgehead atoms. The topological polar surface area (TPSA) is 84.9 Å². The quantitative estimate of drug-likeness (QED) is 0.549. The Labute approximate surface area is 200 Å². The third-order valence-electron chi connectivity index (χ3n) is 5.56. The molecular weight excluding hydrogens is 452 g/mol. The van der Waals surface area contributed by atoms with Crippen LogP contribution in [0.3, 0.4) is 0 Å². The zero-order valence-electron chi connectivity index (χ0n) is 19.4. The average molecular weight is 481 g/mol. The number of aryl methyl sites for hydroxylation is 2. The molecule has 7 nitrogen and oxygen atoms in total. The van der Waals surface area contributed by atoms with Crippen LogP contribution in [0.2, 0.25) is 0 Å². The number of amides is 1. The number of fused-ring (bicyclic) bond motifs is 1. The molecule has 1 amide bonds. The smallest absolute Gasteiger partial charge is 0.264 e. The van der Waals surface area contributed by atoms with Crippen molar-refractivity contribution in [2.75, 3.05) is 24.1 Å². The number of hydrogen-bond donors (Lipinski definition) is 1. The molecule has 1 aliphatic rings. The second kappa shape index (κ2) is 9.77. The summed E-state index contributed by atoms with van der Waals surface area (Å²) in [5.74, 6) is 0.887. The van der Waals surface area contributed by atoms with Gasteiger partial charge < -0.3 is 14.8 Å². The normalized spacial score (nSPS) is 13.7. The van der Waals surface area contributed by atoms with E-state index in [1.807, 2.05) is 45.0 Å². The van der Waals surface area contributed by atoms with Gasteiger partial charge >= 0.3 is 0 Å². The third kappa shape index (κ3) is 5.17. The van der Waals surface area contributed by atoms with Crippen molar-refractivity contribution in [1.82, 2.24) is 5.32 Å². The van der Waals surface area contributed by atoms with E-state index < -0.39 is 15.9 Å². The van der Waals surface area contributed by atoms with Crippen LogP contribution in [0, 0.1) is 13.8 Å². The van der Waals surface area contributed by atoms with Crippen LogP contribution >= 0.6 is 0 Å². The number of carbonyl (C=O) groups is 1. The maximum absolute atomic E-state index is 13.5. The summed E-state index contributed by atoms with van der Waals surface area (Å²) in [5.41, 5.74) is 3.10. The van der Waals surface area contributed by atoms with Crippen molar-refractivity contribution in [3.8, 4) is 11.5 Å². The number of carbonyl (C=O) groups excluding carboxylic acids is 1. The molecule has 3 aromatic carbocycles. The van der Waals surface area contributed by atoms with Gasteiger partial charge in [0, 0.05) is 0 Å². The van der Waals surface area contributed by atoms with Gasteiger partial charge in [0.1, 0.15) is 19.8 Å². The molecule has 1 heterocycles. The number of nitrogens with zero attached hydrogens (tertiary/aromatic N) is 1. The first-order valence-corrected chi connectivity index (χ1v) is 12.5. The molecule has 4 rings (SSSR count). The van der Waals surface area contributed by atoms with E-state index in [2.05, 4.69) is 5.32 Å². The summed E-state index contributed by atoms with van der Waals surface area (Å²) >= 11 is 0. The highest BCUT2D eigenvalue weighted by Gasteiger charge is 2.28. The highest BCUT2D eigenvalue weighted by molar-refractivity contribution is 7.92. The lowest BCUT2D eigenvalue weighted by atomic mass is 10.1. The average Bonchev–Trinajstić information content (AvgIpc) is 2.82. The fourth-order valence-corrected chi connectivity index (χ4v) is 5.39. The van der Waals surface area contributed by atoms with Crippen LogP contribution in [-0.2, 0) is 14.8 Å². The molecule has 0 radical (unpaired) electrons. The standard InChI is InChI=1S/C26H28N2O5S/c1-18-13-19(2)15-22(14-18)28(34(30,31)23-7-5-4-6-8-23)17-26(29)27-20(3)21-9-10-24-25(16-21)33-12-11-32-24/h4-10,13-16,20H,11-12,17H2,1-3H3,(H,27,29). The number of sulfonamides is 1. The number of nitrogens with one attached hydrogen (secondary N) is 1. The first-order chi connectivity index (χ1) is 16.2. The Bertz CT molecular complexity index is 1270. The predicted molar refractivity (Wildman–Crippen MR) is 131 cm³/mol. The van der Waals surface area contributed by atoms with Gasteiger partial charge in [-0.05, 0) is 73.9 Å². The summed E-state index contributed by atoms with van der Waals surface area (Å²) in [6, 6.07) is 18.8. The van der Waals surface area contributed by atoms with Crippen molar-refractivity contribution >= 4 is 21.6 Å². The maximum atomic E-state index is 13.5. The lowest BCUT2D eigenvalue weighted by molar-refractivity contribution is -0.120. The SMILES string of the molecule is Cc1cc(C)cc(N(CC(=O)NC(C)c2ccc3c(c2)OCCO3)S(=O)(=O)c2ccccc2)c1. The summed E-state index contributed by atoms with van der Waals surface area (Å²) in [4.78, 5) is 13.2. The van der Waals surface area contributed by atoms with Crippen molar-refractivity contribution in [3.63, 3.8) is 0 Å². The first-order valence-electron chi connectivity index (χ1n) is 11.1. The van der Waals surface area contributed by atoms with Crippen molar-refractivity contribution in [2.45, 2.75) is 31.7 Å². The monoisotopic (exact) mass is 480 g/mol. The second-order valence-corrected chi connectivity index (χ2v) is 10.2. The van der Waals surface area contributed by atoms with E-state index in [4.69, 9.17) is 9.47 Å². The van der Waals surface area contributed by atoms with Crippen LogP contribution in [0.15, 0.2) is 71.6 Å². The van der Waals surface area contributed by atoms with Crippen LogP contribution in [0.1, 0.15) is 29.7 Å². The van der Waals surface area contributed by atoms with Gasteiger partial charge in [0.05, 0.1) is 16.6 Å². The van der Waals surface area contributed by atoms with Gasteiger partial charge in [0.25, 0.3) is 10.0 Å². The molecule has 0 saturated carbocycles. The highest BCUT2D eigenvalue weighted by Crippen LogP contribution is 2.32. The van der Waals surface area contributed by atoms with E-state index in [9.17, 15) is 13.2 Å².